The van der Waals surface area contributed by atoms with Crippen LogP contribution in [0.4, 0.5) is 0 Å². The molecule has 0 unspecified atom stereocenters. The predicted octanol–water partition coefficient (Wildman–Crippen LogP) is 3.26. The number of rotatable bonds is 3. The number of aldehydes is 1. The summed E-state index contributed by atoms with van der Waals surface area (Å²) in [6.07, 6.45) is 6.36. The highest BCUT2D eigenvalue weighted by Gasteiger charge is 2.22. The maximum atomic E-state index is 12.2. The molecule has 2 nitrogen and oxygen atoms in total. The van der Waals surface area contributed by atoms with Crippen molar-refractivity contribution in [3.05, 3.63) is 35.4 Å². The fraction of sp³-hybridized carbons (Fsp3) is 0.429. The van der Waals surface area contributed by atoms with Crippen LogP contribution in [-0.2, 0) is 0 Å². The number of carbonyl (C=O) groups is 2. The molecular weight excluding hydrogens is 200 g/mol. The van der Waals surface area contributed by atoms with E-state index in [0.717, 1.165) is 32.0 Å². The molecule has 0 N–H and O–H groups in total. The van der Waals surface area contributed by atoms with Crippen molar-refractivity contribution >= 4 is 12.1 Å². The molecule has 1 aromatic rings. The summed E-state index contributed by atoms with van der Waals surface area (Å²) in [5.74, 6) is 0.388. The third kappa shape index (κ3) is 2.38. The standard InChI is InChI=1S/C14H16O2/c15-10-11-5-4-8-13(9-11)14(16)12-6-2-1-3-7-12/h4-5,8-10,12H,1-3,6-7H2. The van der Waals surface area contributed by atoms with Crippen molar-refractivity contribution in [2.24, 2.45) is 5.92 Å². The first kappa shape index (κ1) is 11.1. The van der Waals surface area contributed by atoms with Gasteiger partial charge in [0.1, 0.15) is 6.29 Å². The van der Waals surface area contributed by atoms with Crippen molar-refractivity contribution in [2.75, 3.05) is 0 Å². The minimum absolute atomic E-state index is 0.177. The summed E-state index contributed by atoms with van der Waals surface area (Å²) >= 11 is 0. The Morgan fingerprint density at radius 3 is 2.62 bits per heavy atom. The van der Waals surface area contributed by atoms with E-state index in [0.29, 0.717) is 11.1 Å². The van der Waals surface area contributed by atoms with Gasteiger partial charge >= 0.3 is 0 Å². The van der Waals surface area contributed by atoms with Gasteiger partial charge < -0.3 is 0 Å². The molecule has 0 atom stereocenters. The predicted molar refractivity (Wildman–Crippen MR) is 62.7 cm³/mol. The van der Waals surface area contributed by atoms with Gasteiger partial charge in [-0.05, 0) is 18.9 Å². The van der Waals surface area contributed by atoms with Crippen LogP contribution < -0.4 is 0 Å². The highest BCUT2D eigenvalue weighted by Crippen LogP contribution is 2.26. The van der Waals surface area contributed by atoms with Crippen LogP contribution in [-0.4, -0.2) is 12.1 Å². The molecule has 16 heavy (non-hydrogen) atoms. The summed E-state index contributed by atoms with van der Waals surface area (Å²) in [7, 11) is 0. The Bertz CT molecular complexity index is 389. The minimum Gasteiger partial charge on any atom is -0.298 e. The molecule has 0 bridgehead atoms. The van der Waals surface area contributed by atoms with Crippen LogP contribution in [0.15, 0.2) is 24.3 Å². The normalized spacial score (nSPS) is 17.0. The van der Waals surface area contributed by atoms with E-state index >= 15 is 0 Å². The lowest BCUT2D eigenvalue weighted by Crippen LogP contribution is -2.17. The molecule has 2 heteroatoms. The van der Waals surface area contributed by atoms with Crippen LogP contribution >= 0.6 is 0 Å². The fourth-order valence-electron chi connectivity index (χ4n) is 2.37. The molecule has 0 spiro atoms. The molecule has 0 amide bonds. The number of benzene rings is 1. The molecule has 0 heterocycles. The average Bonchev–Trinajstić information content (AvgIpc) is 2.39. The Kier molecular flexibility index (Phi) is 3.50. The summed E-state index contributed by atoms with van der Waals surface area (Å²) in [5.41, 5.74) is 1.28. The van der Waals surface area contributed by atoms with Gasteiger partial charge in [-0.15, -0.1) is 0 Å². The maximum absolute atomic E-state index is 12.2. The second-order valence-electron chi connectivity index (χ2n) is 4.44. The van der Waals surface area contributed by atoms with Gasteiger partial charge in [0.15, 0.2) is 5.78 Å². The topological polar surface area (TPSA) is 34.1 Å². The van der Waals surface area contributed by atoms with Crippen molar-refractivity contribution in [2.45, 2.75) is 32.1 Å². The van der Waals surface area contributed by atoms with E-state index in [2.05, 4.69) is 0 Å². The quantitative estimate of drug-likeness (QED) is 0.574. The van der Waals surface area contributed by atoms with Crippen molar-refractivity contribution in [1.82, 2.24) is 0 Å². The zero-order valence-corrected chi connectivity index (χ0v) is 9.32. The van der Waals surface area contributed by atoms with E-state index in [1.807, 2.05) is 6.07 Å². The lowest BCUT2D eigenvalue weighted by Gasteiger charge is -2.20. The van der Waals surface area contributed by atoms with E-state index in [1.54, 1.807) is 18.2 Å². The Morgan fingerprint density at radius 2 is 1.94 bits per heavy atom. The second kappa shape index (κ2) is 5.06. The van der Waals surface area contributed by atoms with Gasteiger partial charge in [-0.1, -0.05) is 37.5 Å². The van der Waals surface area contributed by atoms with Gasteiger partial charge in [0.25, 0.3) is 0 Å². The molecule has 0 saturated heterocycles. The van der Waals surface area contributed by atoms with Crippen molar-refractivity contribution in [3.63, 3.8) is 0 Å². The van der Waals surface area contributed by atoms with Gasteiger partial charge in [-0.3, -0.25) is 9.59 Å². The number of Topliss-reactive ketones (excluding diaryl/α,β-unsaturated/α-hetero) is 1. The summed E-state index contributed by atoms with van der Waals surface area (Å²) in [5, 5.41) is 0. The molecule has 1 aromatic carbocycles. The molecule has 1 fully saturated rings. The van der Waals surface area contributed by atoms with Crippen molar-refractivity contribution in [3.8, 4) is 0 Å². The van der Waals surface area contributed by atoms with Gasteiger partial charge in [-0.2, -0.15) is 0 Å². The summed E-state index contributed by atoms with van der Waals surface area (Å²) < 4.78 is 0. The third-order valence-corrected chi connectivity index (χ3v) is 3.28. The largest absolute Gasteiger partial charge is 0.298 e. The van der Waals surface area contributed by atoms with E-state index < -0.39 is 0 Å². The second-order valence-corrected chi connectivity index (χ2v) is 4.44. The molecule has 1 aliphatic rings. The molecule has 1 aliphatic carbocycles. The van der Waals surface area contributed by atoms with Crippen molar-refractivity contribution < 1.29 is 9.59 Å². The van der Waals surface area contributed by atoms with E-state index in [1.165, 1.54) is 6.42 Å². The monoisotopic (exact) mass is 216 g/mol. The van der Waals surface area contributed by atoms with Crippen LogP contribution in [0.5, 0.6) is 0 Å². The number of carbonyl (C=O) groups excluding carboxylic acids is 2. The van der Waals surface area contributed by atoms with Gasteiger partial charge in [0, 0.05) is 17.0 Å². The fourth-order valence-corrected chi connectivity index (χ4v) is 2.37. The maximum Gasteiger partial charge on any atom is 0.165 e. The summed E-state index contributed by atoms with van der Waals surface area (Å²) in [4.78, 5) is 22.8. The molecule has 0 aliphatic heterocycles. The molecule has 84 valence electrons. The molecule has 0 aromatic heterocycles. The van der Waals surface area contributed by atoms with Crippen LogP contribution in [0.1, 0.15) is 52.8 Å². The Morgan fingerprint density at radius 1 is 1.19 bits per heavy atom. The van der Waals surface area contributed by atoms with Gasteiger partial charge in [0.2, 0.25) is 0 Å². The average molecular weight is 216 g/mol. The molecule has 0 radical (unpaired) electrons. The minimum atomic E-state index is 0.177. The molecule has 1 saturated carbocycles. The number of hydrogen-bond acceptors (Lipinski definition) is 2. The van der Waals surface area contributed by atoms with E-state index in [-0.39, 0.29) is 11.7 Å². The zero-order valence-electron chi connectivity index (χ0n) is 9.32. The van der Waals surface area contributed by atoms with E-state index in [9.17, 15) is 9.59 Å². The first-order chi connectivity index (χ1) is 7.81. The zero-order chi connectivity index (χ0) is 11.4. The molecule has 2 rings (SSSR count). The third-order valence-electron chi connectivity index (χ3n) is 3.28. The van der Waals surface area contributed by atoms with Crippen LogP contribution in [0, 0.1) is 5.92 Å². The smallest absolute Gasteiger partial charge is 0.165 e. The highest BCUT2D eigenvalue weighted by atomic mass is 16.1. The van der Waals surface area contributed by atoms with Crippen LogP contribution in [0.3, 0.4) is 0 Å². The van der Waals surface area contributed by atoms with Gasteiger partial charge in [0.05, 0.1) is 0 Å². The Hall–Kier alpha value is -1.44. The van der Waals surface area contributed by atoms with Crippen LogP contribution in [0.25, 0.3) is 0 Å². The lowest BCUT2D eigenvalue weighted by molar-refractivity contribution is 0.0889. The number of hydrogen-bond donors (Lipinski definition) is 0. The Labute approximate surface area is 95.7 Å². The summed E-state index contributed by atoms with van der Waals surface area (Å²) in [6.45, 7) is 0. The van der Waals surface area contributed by atoms with Crippen LogP contribution in [0.2, 0.25) is 0 Å². The number of ketones is 1. The van der Waals surface area contributed by atoms with E-state index in [4.69, 9.17) is 0 Å². The first-order valence-corrected chi connectivity index (χ1v) is 5.91. The lowest BCUT2D eigenvalue weighted by atomic mass is 9.84. The van der Waals surface area contributed by atoms with Crippen molar-refractivity contribution in [1.29, 1.82) is 0 Å². The summed E-state index contributed by atoms with van der Waals surface area (Å²) in [6, 6.07) is 7.01. The SMILES string of the molecule is O=Cc1cccc(C(=O)C2CCCCC2)c1. The van der Waals surface area contributed by atoms with Gasteiger partial charge in [-0.25, -0.2) is 0 Å². The first-order valence-electron chi connectivity index (χ1n) is 5.91. The Balaban J connectivity index is 2.15. The highest BCUT2D eigenvalue weighted by molar-refractivity contribution is 5.99. The molecular formula is C14H16O2.